The first kappa shape index (κ1) is 20.6. The summed E-state index contributed by atoms with van der Waals surface area (Å²) in [6, 6.07) is 15.9. The van der Waals surface area contributed by atoms with Gasteiger partial charge in [0.15, 0.2) is 11.0 Å². The van der Waals surface area contributed by atoms with Crippen LogP contribution in [-0.4, -0.2) is 32.3 Å². The normalized spacial score (nSPS) is 10.4. The van der Waals surface area contributed by atoms with Gasteiger partial charge in [-0.05, 0) is 36.4 Å². The number of aromatic nitrogens is 3. The number of hydrogen-bond donors (Lipinski definition) is 2. The Morgan fingerprint density at radius 2 is 1.79 bits per heavy atom. The molecule has 0 atom stereocenters. The van der Waals surface area contributed by atoms with Crippen molar-refractivity contribution in [2.75, 3.05) is 5.75 Å². The molecule has 0 radical (unpaired) electrons. The van der Waals surface area contributed by atoms with Crippen molar-refractivity contribution in [1.29, 1.82) is 0 Å². The molecule has 0 aliphatic heterocycles. The van der Waals surface area contributed by atoms with E-state index in [1.54, 1.807) is 42.5 Å². The van der Waals surface area contributed by atoms with Crippen LogP contribution in [0.15, 0.2) is 72.4 Å². The Kier molecular flexibility index (Phi) is 7.04. The molecule has 2 aromatic carbocycles. The minimum absolute atomic E-state index is 0.0605. The number of nitrogens with zero attached hydrogens (tertiary/aromatic N) is 3. The molecule has 148 valence electrons. The molecular formula is C20H18ClN5O2S. The lowest BCUT2D eigenvalue weighted by molar-refractivity contribution is -0.119. The molecule has 9 heteroatoms. The summed E-state index contributed by atoms with van der Waals surface area (Å²) in [5.41, 5.74) is 6.10. The fourth-order valence-electron chi connectivity index (χ4n) is 2.46. The maximum atomic E-state index is 12.1. The van der Waals surface area contributed by atoms with Gasteiger partial charge in [0.1, 0.15) is 0 Å². The van der Waals surface area contributed by atoms with E-state index in [1.165, 1.54) is 11.8 Å². The van der Waals surface area contributed by atoms with E-state index >= 15 is 0 Å². The third-order valence-corrected chi connectivity index (χ3v) is 5.03. The molecule has 7 nitrogen and oxygen atoms in total. The Labute approximate surface area is 177 Å². The second-order valence-corrected chi connectivity index (χ2v) is 7.25. The number of carbonyl (C=O) groups is 2. The Morgan fingerprint density at radius 3 is 2.48 bits per heavy atom. The SMILES string of the molecule is C=CCn1c(SCC(=O)NNC(=O)c2ccccc2)nnc1-c1ccc(Cl)cc1. The zero-order valence-corrected chi connectivity index (χ0v) is 16.9. The third kappa shape index (κ3) is 5.46. The van der Waals surface area contributed by atoms with E-state index in [1.807, 2.05) is 22.8 Å². The number of benzene rings is 2. The first-order valence-electron chi connectivity index (χ1n) is 8.65. The zero-order valence-electron chi connectivity index (χ0n) is 15.3. The quantitative estimate of drug-likeness (QED) is 0.343. The number of hydrogen-bond acceptors (Lipinski definition) is 5. The van der Waals surface area contributed by atoms with Crippen molar-refractivity contribution in [3.63, 3.8) is 0 Å². The molecule has 0 fully saturated rings. The van der Waals surface area contributed by atoms with E-state index in [4.69, 9.17) is 11.6 Å². The molecule has 1 heterocycles. The van der Waals surface area contributed by atoms with Crippen LogP contribution in [0.3, 0.4) is 0 Å². The number of allylic oxidation sites excluding steroid dienone is 1. The number of rotatable bonds is 7. The third-order valence-electron chi connectivity index (χ3n) is 3.81. The van der Waals surface area contributed by atoms with Crippen molar-refractivity contribution in [1.82, 2.24) is 25.6 Å². The molecule has 0 spiro atoms. The van der Waals surface area contributed by atoms with Gasteiger partial charge in [-0.25, -0.2) is 0 Å². The fraction of sp³-hybridized carbons (Fsp3) is 0.100. The van der Waals surface area contributed by atoms with Crippen LogP contribution in [-0.2, 0) is 11.3 Å². The van der Waals surface area contributed by atoms with Crippen LogP contribution in [0.4, 0.5) is 0 Å². The molecule has 0 saturated carbocycles. The van der Waals surface area contributed by atoms with E-state index < -0.39 is 0 Å². The maximum absolute atomic E-state index is 12.1. The van der Waals surface area contributed by atoms with Crippen molar-refractivity contribution in [2.45, 2.75) is 11.7 Å². The predicted octanol–water partition coefficient (Wildman–Crippen LogP) is 3.34. The first-order chi connectivity index (χ1) is 14.1. The summed E-state index contributed by atoms with van der Waals surface area (Å²) < 4.78 is 1.86. The summed E-state index contributed by atoms with van der Waals surface area (Å²) in [5.74, 6) is -0.0311. The van der Waals surface area contributed by atoms with Gasteiger partial charge in [0.2, 0.25) is 5.91 Å². The molecule has 2 amide bonds. The summed E-state index contributed by atoms with van der Waals surface area (Å²) in [5, 5.41) is 9.60. The molecule has 2 N–H and O–H groups in total. The molecule has 29 heavy (non-hydrogen) atoms. The van der Waals surface area contributed by atoms with Crippen LogP contribution in [0.5, 0.6) is 0 Å². The van der Waals surface area contributed by atoms with Gasteiger partial charge in [-0.2, -0.15) is 0 Å². The Hall–Kier alpha value is -3.10. The summed E-state index contributed by atoms with van der Waals surface area (Å²) in [6.07, 6.45) is 1.73. The second-order valence-electron chi connectivity index (χ2n) is 5.87. The molecule has 3 rings (SSSR count). The highest BCUT2D eigenvalue weighted by Crippen LogP contribution is 2.25. The predicted molar refractivity (Wildman–Crippen MR) is 113 cm³/mol. The second kappa shape index (κ2) is 9.90. The van der Waals surface area contributed by atoms with Crippen LogP contribution < -0.4 is 10.9 Å². The largest absolute Gasteiger partial charge is 0.298 e. The molecule has 0 bridgehead atoms. The average molecular weight is 428 g/mol. The van der Waals surface area contributed by atoms with Crippen molar-refractivity contribution in [2.24, 2.45) is 0 Å². The molecular weight excluding hydrogens is 410 g/mol. The van der Waals surface area contributed by atoms with E-state index in [0.29, 0.717) is 28.1 Å². The van der Waals surface area contributed by atoms with E-state index in [9.17, 15) is 9.59 Å². The van der Waals surface area contributed by atoms with Gasteiger partial charge in [0.05, 0.1) is 5.75 Å². The fourth-order valence-corrected chi connectivity index (χ4v) is 3.33. The van der Waals surface area contributed by atoms with Crippen molar-refractivity contribution in [3.05, 3.63) is 77.8 Å². The van der Waals surface area contributed by atoms with Crippen LogP contribution in [0.2, 0.25) is 5.02 Å². The summed E-state index contributed by atoms with van der Waals surface area (Å²) in [4.78, 5) is 24.1. The standard InChI is InChI=1S/C20H18ClN5O2S/c1-2-12-26-18(14-8-10-16(21)11-9-14)23-25-20(26)29-13-17(27)22-24-19(28)15-6-4-3-5-7-15/h2-11H,1,12-13H2,(H,22,27)(H,24,28). The van der Waals surface area contributed by atoms with Gasteiger partial charge in [0, 0.05) is 22.7 Å². The maximum Gasteiger partial charge on any atom is 0.269 e. The van der Waals surface area contributed by atoms with Crippen molar-refractivity contribution >= 4 is 35.2 Å². The lowest BCUT2D eigenvalue weighted by Gasteiger charge is -2.09. The highest BCUT2D eigenvalue weighted by Gasteiger charge is 2.15. The highest BCUT2D eigenvalue weighted by atomic mass is 35.5. The average Bonchev–Trinajstić information content (AvgIpc) is 3.14. The molecule has 0 saturated heterocycles. The highest BCUT2D eigenvalue weighted by molar-refractivity contribution is 7.99. The van der Waals surface area contributed by atoms with Gasteiger partial charge >= 0.3 is 0 Å². The summed E-state index contributed by atoms with van der Waals surface area (Å²) >= 11 is 7.16. The minimum Gasteiger partial charge on any atom is -0.298 e. The van der Waals surface area contributed by atoms with Crippen LogP contribution in [0, 0.1) is 0 Å². The molecule has 3 aromatic rings. The number of nitrogens with one attached hydrogen (secondary N) is 2. The monoisotopic (exact) mass is 427 g/mol. The summed E-state index contributed by atoms with van der Waals surface area (Å²) in [7, 11) is 0. The molecule has 0 aliphatic rings. The van der Waals surface area contributed by atoms with Gasteiger partial charge in [-0.15, -0.1) is 16.8 Å². The molecule has 1 aromatic heterocycles. The minimum atomic E-state index is -0.385. The summed E-state index contributed by atoms with van der Waals surface area (Å²) in [6.45, 7) is 4.25. The van der Waals surface area contributed by atoms with Crippen LogP contribution in [0.25, 0.3) is 11.4 Å². The Balaban J connectivity index is 1.61. The molecule has 0 aliphatic carbocycles. The first-order valence-corrected chi connectivity index (χ1v) is 10.0. The molecule has 0 unspecified atom stereocenters. The number of amides is 2. The van der Waals surface area contributed by atoms with E-state index in [0.717, 1.165) is 5.56 Å². The Bertz CT molecular complexity index is 1010. The topological polar surface area (TPSA) is 88.9 Å². The lowest BCUT2D eigenvalue weighted by Crippen LogP contribution is -2.42. The zero-order chi connectivity index (χ0) is 20.6. The Morgan fingerprint density at radius 1 is 1.07 bits per heavy atom. The van der Waals surface area contributed by atoms with E-state index in [-0.39, 0.29) is 17.6 Å². The van der Waals surface area contributed by atoms with Gasteiger partial charge in [-0.3, -0.25) is 25.0 Å². The van der Waals surface area contributed by atoms with Crippen LogP contribution in [0.1, 0.15) is 10.4 Å². The number of carbonyl (C=O) groups excluding carboxylic acids is 2. The van der Waals surface area contributed by atoms with Gasteiger partial charge in [0.25, 0.3) is 5.91 Å². The smallest absolute Gasteiger partial charge is 0.269 e. The van der Waals surface area contributed by atoms with Crippen LogP contribution >= 0.6 is 23.4 Å². The van der Waals surface area contributed by atoms with Gasteiger partial charge < -0.3 is 0 Å². The van der Waals surface area contributed by atoms with E-state index in [2.05, 4.69) is 27.6 Å². The van der Waals surface area contributed by atoms with Crippen molar-refractivity contribution in [3.8, 4) is 11.4 Å². The number of hydrazine groups is 1. The van der Waals surface area contributed by atoms with Crippen molar-refractivity contribution < 1.29 is 9.59 Å². The lowest BCUT2D eigenvalue weighted by atomic mass is 10.2. The van der Waals surface area contributed by atoms with Gasteiger partial charge in [-0.1, -0.05) is 47.6 Å². The number of halogens is 1. The number of thioether (sulfide) groups is 1.